The molecule has 0 bridgehead atoms. The molecular formula is C12H12F3NOS. The third-order valence-electron chi connectivity index (χ3n) is 2.22. The van der Waals surface area contributed by atoms with Crippen molar-refractivity contribution in [3.63, 3.8) is 0 Å². The molecule has 1 N–H and O–H groups in total. The first-order chi connectivity index (χ1) is 8.25. The van der Waals surface area contributed by atoms with Gasteiger partial charge in [0.25, 0.3) is 0 Å². The van der Waals surface area contributed by atoms with Gasteiger partial charge in [-0.05, 0) is 31.2 Å². The minimum atomic E-state index is -4.60. The fourth-order valence-corrected chi connectivity index (χ4v) is 1.69. The normalized spacial score (nSPS) is 12.4. The van der Waals surface area contributed by atoms with Crippen molar-refractivity contribution < 1.29 is 18.0 Å². The molecule has 0 radical (unpaired) electrons. The summed E-state index contributed by atoms with van der Waals surface area (Å²) in [4.78, 5) is 11.3. The van der Waals surface area contributed by atoms with Gasteiger partial charge >= 0.3 is 6.18 Å². The van der Waals surface area contributed by atoms with Crippen molar-refractivity contribution in [2.45, 2.75) is 18.0 Å². The molecule has 98 valence electrons. The molecule has 0 unspecified atom stereocenters. The molecule has 2 nitrogen and oxygen atoms in total. The standard InChI is InChI=1S/C12H12F3NOS/c1-7(17)5-10(12(13,14)15)9-6-8(18)3-4-11(9)16-2/h3-6,16,18H,1-2H3/b10-5+. The van der Waals surface area contributed by atoms with E-state index in [1.165, 1.54) is 19.2 Å². The third kappa shape index (κ3) is 3.53. The fourth-order valence-electron chi connectivity index (χ4n) is 1.49. The van der Waals surface area contributed by atoms with Crippen LogP contribution in [0.1, 0.15) is 12.5 Å². The molecule has 1 rings (SSSR count). The van der Waals surface area contributed by atoms with Crippen LogP contribution >= 0.6 is 12.6 Å². The molecule has 18 heavy (non-hydrogen) atoms. The van der Waals surface area contributed by atoms with E-state index >= 15 is 0 Å². The Bertz CT molecular complexity index is 495. The van der Waals surface area contributed by atoms with Gasteiger partial charge in [0.05, 0.1) is 5.57 Å². The van der Waals surface area contributed by atoms with Gasteiger partial charge in [-0.15, -0.1) is 12.6 Å². The predicted octanol–water partition coefficient (Wildman–Crippen LogP) is 3.55. The smallest absolute Gasteiger partial charge is 0.388 e. The minimum absolute atomic E-state index is 0.0901. The number of halogens is 3. The number of benzene rings is 1. The molecule has 0 aliphatic heterocycles. The van der Waals surface area contributed by atoms with E-state index in [0.29, 0.717) is 11.0 Å². The van der Waals surface area contributed by atoms with E-state index < -0.39 is 17.5 Å². The van der Waals surface area contributed by atoms with Gasteiger partial charge in [0.15, 0.2) is 5.78 Å². The Labute approximate surface area is 108 Å². The van der Waals surface area contributed by atoms with Crippen molar-refractivity contribution in [2.24, 2.45) is 0 Å². The van der Waals surface area contributed by atoms with Crippen LogP contribution in [0.2, 0.25) is 0 Å². The molecular weight excluding hydrogens is 263 g/mol. The van der Waals surface area contributed by atoms with Crippen molar-refractivity contribution in [2.75, 3.05) is 12.4 Å². The highest BCUT2D eigenvalue weighted by molar-refractivity contribution is 7.80. The predicted molar refractivity (Wildman–Crippen MR) is 68.0 cm³/mol. The fraction of sp³-hybridized carbons (Fsp3) is 0.250. The molecule has 1 aromatic carbocycles. The van der Waals surface area contributed by atoms with Crippen molar-refractivity contribution >= 4 is 29.7 Å². The van der Waals surface area contributed by atoms with Crippen LogP contribution in [0.25, 0.3) is 5.57 Å². The average molecular weight is 275 g/mol. The van der Waals surface area contributed by atoms with Crippen LogP contribution in [0, 0.1) is 0 Å². The highest BCUT2D eigenvalue weighted by atomic mass is 32.1. The summed E-state index contributed by atoms with van der Waals surface area (Å²) in [7, 11) is 1.51. The first-order valence-corrected chi connectivity index (χ1v) is 5.51. The highest BCUT2D eigenvalue weighted by Gasteiger charge is 2.36. The van der Waals surface area contributed by atoms with E-state index in [1.807, 2.05) is 0 Å². The lowest BCUT2D eigenvalue weighted by Gasteiger charge is -2.16. The first-order valence-electron chi connectivity index (χ1n) is 5.06. The molecule has 0 atom stereocenters. The summed E-state index contributed by atoms with van der Waals surface area (Å²) >= 11 is 4.01. The Hall–Kier alpha value is -1.43. The van der Waals surface area contributed by atoms with Gasteiger partial charge in [-0.1, -0.05) is 0 Å². The molecule has 6 heteroatoms. The second-order valence-electron chi connectivity index (χ2n) is 3.65. The van der Waals surface area contributed by atoms with Crippen molar-refractivity contribution in [1.29, 1.82) is 0 Å². The van der Waals surface area contributed by atoms with Gasteiger partial charge in [0.2, 0.25) is 0 Å². The van der Waals surface area contributed by atoms with E-state index in [1.54, 1.807) is 6.07 Å². The summed E-state index contributed by atoms with van der Waals surface area (Å²) in [5, 5.41) is 2.66. The van der Waals surface area contributed by atoms with E-state index in [2.05, 4.69) is 17.9 Å². The van der Waals surface area contributed by atoms with Crippen LogP contribution in [0.4, 0.5) is 18.9 Å². The number of allylic oxidation sites excluding steroid dienone is 2. The monoisotopic (exact) mass is 275 g/mol. The van der Waals surface area contributed by atoms with Gasteiger partial charge in [-0.3, -0.25) is 4.79 Å². The Morgan fingerprint density at radius 3 is 2.44 bits per heavy atom. The van der Waals surface area contributed by atoms with E-state index in [9.17, 15) is 18.0 Å². The second-order valence-corrected chi connectivity index (χ2v) is 4.16. The number of anilines is 1. The topological polar surface area (TPSA) is 29.1 Å². The molecule has 0 saturated carbocycles. The van der Waals surface area contributed by atoms with Gasteiger partial charge in [-0.25, -0.2) is 0 Å². The van der Waals surface area contributed by atoms with Crippen LogP contribution in [0.5, 0.6) is 0 Å². The van der Waals surface area contributed by atoms with E-state index in [-0.39, 0.29) is 11.3 Å². The van der Waals surface area contributed by atoms with Crippen LogP contribution in [-0.2, 0) is 4.79 Å². The number of carbonyl (C=O) groups is 1. The zero-order chi connectivity index (χ0) is 13.9. The van der Waals surface area contributed by atoms with Crippen molar-refractivity contribution in [3.8, 4) is 0 Å². The van der Waals surface area contributed by atoms with Gasteiger partial charge < -0.3 is 5.32 Å². The number of carbonyl (C=O) groups excluding carboxylic acids is 1. The average Bonchev–Trinajstić information content (AvgIpc) is 2.24. The van der Waals surface area contributed by atoms with E-state index in [4.69, 9.17) is 0 Å². The van der Waals surface area contributed by atoms with Crippen LogP contribution in [-0.4, -0.2) is 19.0 Å². The molecule has 0 aliphatic rings. The number of ketones is 1. The molecule has 0 saturated heterocycles. The van der Waals surface area contributed by atoms with Crippen molar-refractivity contribution in [1.82, 2.24) is 0 Å². The third-order valence-corrected chi connectivity index (χ3v) is 2.49. The maximum atomic E-state index is 12.9. The summed E-state index contributed by atoms with van der Waals surface area (Å²) < 4.78 is 38.8. The number of rotatable bonds is 3. The lowest BCUT2D eigenvalue weighted by atomic mass is 10.0. The van der Waals surface area contributed by atoms with Crippen LogP contribution in [0.3, 0.4) is 0 Å². The van der Waals surface area contributed by atoms with Crippen LogP contribution < -0.4 is 5.32 Å². The summed E-state index contributed by atoms with van der Waals surface area (Å²) in [6.45, 7) is 1.08. The maximum Gasteiger partial charge on any atom is 0.417 e. The largest absolute Gasteiger partial charge is 0.417 e. The number of hydrogen-bond donors (Lipinski definition) is 2. The maximum absolute atomic E-state index is 12.9. The number of thiol groups is 1. The quantitative estimate of drug-likeness (QED) is 0.652. The number of nitrogens with one attached hydrogen (secondary N) is 1. The molecule has 0 amide bonds. The Morgan fingerprint density at radius 1 is 1.39 bits per heavy atom. The first kappa shape index (κ1) is 14.6. The summed E-state index contributed by atoms with van der Waals surface area (Å²) in [6.07, 6.45) is -4.01. The van der Waals surface area contributed by atoms with Gasteiger partial charge in [0.1, 0.15) is 0 Å². The van der Waals surface area contributed by atoms with Crippen molar-refractivity contribution in [3.05, 3.63) is 29.8 Å². The Morgan fingerprint density at radius 2 is 2.00 bits per heavy atom. The second kappa shape index (κ2) is 5.48. The zero-order valence-corrected chi connectivity index (χ0v) is 10.7. The molecule has 0 spiro atoms. The van der Waals surface area contributed by atoms with Crippen LogP contribution in [0.15, 0.2) is 29.2 Å². The summed E-state index contributed by atoms with van der Waals surface area (Å²) in [5.41, 5.74) is -0.777. The lowest BCUT2D eigenvalue weighted by molar-refractivity contribution is -0.113. The molecule has 0 aliphatic carbocycles. The zero-order valence-electron chi connectivity index (χ0n) is 9.80. The SMILES string of the molecule is CNc1ccc(S)cc1/C(=C\C(C)=O)C(F)(F)F. The molecule has 0 heterocycles. The highest BCUT2D eigenvalue weighted by Crippen LogP contribution is 2.38. The Kier molecular flexibility index (Phi) is 4.45. The molecule has 0 aromatic heterocycles. The minimum Gasteiger partial charge on any atom is -0.388 e. The molecule has 1 aromatic rings. The van der Waals surface area contributed by atoms with E-state index in [0.717, 1.165) is 6.92 Å². The number of hydrogen-bond acceptors (Lipinski definition) is 3. The summed E-state index contributed by atoms with van der Waals surface area (Å²) in [6, 6.07) is 4.33. The molecule has 0 fully saturated rings. The van der Waals surface area contributed by atoms with Gasteiger partial charge in [-0.2, -0.15) is 13.2 Å². The number of alkyl halides is 3. The van der Waals surface area contributed by atoms with Gasteiger partial charge in [0, 0.05) is 23.2 Å². The Balaban J connectivity index is 3.47. The lowest BCUT2D eigenvalue weighted by Crippen LogP contribution is -2.13. The summed E-state index contributed by atoms with van der Waals surface area (Å²) in [5.74, 6) is -0.658.